The van der Waals surface area contributed by atoms with Crippen LogP contribution in [0.5, 0.6) is 0 Å². The maximum absolute atomic E-state index is 11.5. The van der Waals surface area contributed by atoms with Gasteiger partial charge in [0.2, 0.25) is 0 Å². The lowest BCUT2D eigenvalue weighted by Gasteiger charge is -2.19. The van der Waals surface area contributed by atoms with E-state index in [1.165, 1.54) is 7.11 Å². The van der Waals surface area contributed by atoms with Crippen LogP contribution in [-0.4, -0.2) is 23.0 Å². The molecule has 0 spiro atoms. The number of carbonyl (C=O) groups is 1. The zero-order chi connectivity index (χ0) is 11.6. The molecule has 15 heavy (non-hydrogen) atoms. The van der Waals surface area contributed by atoms with Crippen molar-refractivity contribution in [1.29, 1.82) is 0 Å². The molecule has 0 N–H and O–H groups in total. The Morgan fingerprint density at radius 1 is 1.53 bits per heavy atom. The highest BCUT2D eigenvalue weighted by atomic mass is 79.9. The average molecular weight is 273 g/mol. The van der Waals surface area contributed by atoms with E-state index in [1.807, 2.05) is 6.92 Å². The summed E-state index contributed by atoms with van der Waals surface area (Å²) in [7, 11) is 1.36. The van der Waals surface area contributed by atoms with Gasteiger partial charge in [-0.05, 0) is 36.7 Å². The number of esters is 1. The number of aryl methyl sites for hydroxylation is 1. The molecule has 0 atom stereocenters. The van der Waals surface area contributed by atoms with E-state index in [9.17, 15) is 4.79 Å². The first-order chi connectivity index (χ1) is 6.89. The van der Waals surface area contributed by atoms with Gasteiger partial charge in [-0.3, -0.25) is 4.79 Å². The Labute approximate surface area is 97.2 Å². The molecule has 0 aromatic carbocycles. The van der Waals surface area contributed by atoms with Gasteiger partial charge >= 0.3 is 5.97 Å². The maximum atomic E-state index is 11.5. The Balaban J connectivity index is 3.16. The van der Waals surface area contributed by atoms with Crippen LogP contribution in [0.4, 0.5) is 0 Å². The van der Waals surface area contributed by atoms with E-state index in [-0.39, 0.29) is 5.97 Å². The van der Waals surface area contributed by atoms with E-state index < -0.39 is 5.41 Å². The van der Waals surface area contributed by atoms with Crippen LogP contribution in [0.25, 0.3) is 0 Å². The molecule has 0 aliphatic heterocycles. The second-order valence-corrected chi connectivity index (χ2v) is 4.60. The molecule has 0 aliphatic carbocycles. The number of hydrogen-bond donors (Lipinski definition) is 0. The second-order valence-electron chi connectivity index (χ2n) is 3.74. The van der Waals surface area contributed by atoms with Gasteiger partial charge in [0.05, 0.1) is 17.3 Å². The van der Waals surface area contributed by atoms with Crippen molar-refractivity contribution in [2.24, 2.45) is 0 Å². The summed E-state index contributed by atoms with van der Waals surface area (Å²) in [6.45, 7) is 5.33. The van der Waals surface area contributed by atoms with Gasteiger partial charge in [0, 0.05) is 6.20 Å². The van der Waals surface area contributed by atoms with Gasteiger partial charge in [0.25, 0.3) is 0 Å². The Hall–Kier alpha value is -0.970. The highest BCUT2D eigenvalue weighted by Gasteiger charge is 2.34. The number of rotatable bonds is 2. The van der Waals surface area contributed by atoms with Crippen molar-refractivity contribution < 1.29 is 9.53 Å². The van der Waals surface area contributed by atoms with Gasteiger partial charge in [0.1, 0.15) is 11.2 Å². The van der Waals surface area contributed by atoms with Gasteiger partial charge in [-0.1, -0.05) is 0 Å². The first-order valence-corrected chi connectivity index (χ1v) is 5.27. The van der Waals surface area contributed by atoms with Crippen LogP contribution >= 0.6 is 15.9 Å². The third-order valence-corrected chi connectivity index (χ3v) is 2.95. The van der Waals surface area contributed by atoms with Crippen LogP contribution in [0, 0.1) is 6.92 Å². The zero-order valence-electron chi connectivity index (χ0n) is 9.17. The molecular formula is C10H13BrN2O2. The third kappa shape index (κ3) is 2.34. The van der Waals surface area contributed by atoms with E-state index >= 15 is 0 Å². The van der Waals surface area contributed by atoms with Crippen molar-refractivity contribution in [2.45, 2.75) is 26.2 Å². The fourth-order valence-electron chi connectivity index (χ4n) is 1.10. The quantitative estimate of drug-likeness (QED) is 0.773. The van der Waals surface area contributed by atoms with Gasteiger partial charge in [-0.15, -0.1) is 0 Å². The summed E-state index contributed by atoms with van der Waals surface area (Å²) in [5.41, 5.74) is -0.0165. The molecule has 0 saturated carbocycles. The van der Waals surface area contributed by atoms with Crippen LogP contribution < -0.4 is 0 Å². The lowest BCUT2D eigenvalue weighted by molar-refractivity contribution is -0.146. The minimum absolute atomic E-state index is 0.343. The Morgan fingerprint density at radius 3 is 2.60 bits per heavy atom. The first kappa shape index (κ1) is 12.1. The lowest BCUT2D eigenvalue weighted by Crippen LogP contribution is -2.32. The van der Waals surface area contributed by atoms with Crippen molar-refractivity contribution in [3.8, 4) is 0 Å². The van der Waals surface area contributed by atoms with E-state index in [0.717, 1.165) is 10.2 Å². The standard InChI is InChI=1S/C10H13BrN2O2/c1-6-7(11)5-12-8(13-6)10(2,3)9(14)15-4/h5H,1-4H3. The number of methoxy groups -OCH3 is 1. The Morgan fingerprint density at radius 2 is 2.13 bits per heavy atom. The fourth-order valence-corrected chi connectivity index (χ4v) is 1.29. The third-order valence-electron chi connectivity index (χ3n) is 2.17. The summed E-state index contributed by atoms with van der Waals surface area (Å²) in [5, 5.41) is 0. The van der Waals surface area contributed by atoms with Gasteiger partial charge < -0.3 is 4.74 Å². The number of nitrogens with zero attached hydrogens (tertiary/aromatic N) is 2. The SMILES string of the molecule is COC(=O)C(C)(C)c1ncc(Br)c(C)n1. The maximum Gasteiger partial charge on any atom is 0.318 e. The summed E-state index contributed by atoms with van der Waals surface area (Å²) in [5.74, 6) is 0.124. The molecule has 1 rings (SSSR count). The van der Waals surface area contributed by atoms with E-state index in [4.69, 9.17) is 4.74 Å². The van der Waals surface area contributed by atoms with Crippen LogP contribution in [0.3, 0.4) is 0 Å². The predicted molar refractivity (Wildman–Crippen MR) is 59.5 cm³/mol. The smallest absolute Gasteiger partial charge is 0.318 e. The zero-order valence-corrected chi connectivity index (χ0v) is 10.8. The van der Waals surface area contributed by atoms with Gasteiger partial charge in [-0.25, -0.2) is 9.97 Å². The monoisotopic (exact) mass is 272 g/mol. The van der Waals surface area contributed by atoms with Gasteiger partial charge in [-0.2, -0.15) is 0 Å². The minimum atomic E-state index is -0.819. The summed E-state index contributed by atoms with van der Waals surface area (Å²) < 4.78 is 5.53. The number of carbonyl (C=O) groups excluding carboxylic acids is 1. The first-order valence-electron chi connectivity index (χ1n) is 4.47. The van der Waals surface area contributed by atoms with Crippen LogP contribution in [0.1, 0.15) is 25.4 Å². The molecule has 0 bridgehead atoms. The Bertz CT molecular complexity index is 391. The molecule has 1 heterocycles. The normalized spacial score (nSPS) is 11.3. The van der Waals surface area contributed by atoms with Crippen LogP contribution in [0.2, 0.25) is 0 Å². The highest BCUT2D eigenvalue weighted by Crippen LogP contribution is 2.23. The van der Waals surface area contributed by atoms with E-state index in [2.05, 4.69) is 25.9 Å². The number of aromatic nitrogens is 2. The average Bonchev–Trinajstić information content (AvgIpc) is 2.20. The van der Waals surface area contributed by atoms with Crippen LogP contribution in [-0.2, 0) is 14.9 Å². The molecule has 1 aromatic heterocycles. The number of ether oxygens (including phenoxy) is 1. The van der Waals surface area contributed by atoms with Crippen molar-refractivity contribution in [1.82, 2.24) is 9.97 Å². The fraction of sp³-hybridized carbons (Fsp3) is 0.500. The molecule has 1 aromatic rings. The molecule has 0 radical (unpaired) electrons. The summed E-state index contributed by atoms with van der Waals surface area (Å²) in [6, 6.07) is 0. The molecule has 5 heteroatoms. The second kappa shape index (κ2) is 4.26. The predicted octanol–water partition coefficient (Wildman–Crippen LogP) is 2.00. The molecule has 0 unspecified atom stereocenters. The van der Waals surface area contributed by atoms with E-state index in [0.29, 0.717) is 5.82 Å². The van der Waals surface area contributed by atoms with Crippen molar-refractivity contribution in [3.05, 3.63) is 22.2 Å². The molecule has 82 valence electrons. The number of hydrogen-bond acceptors (Lipinski definition) is 4. The molecule has 0 amide bonds. The summed E-state index contributed by atoms with van der Waals surface area (Å²) >= 11 is 3.31. The van der Waals surface area contributed by atoms with Crippen molar-refractivity contribution >= 4 is 21.9 Å². The minimum Gasteiger partial charge on any atom is -0.468 e. The summed E-state index contributed by atoms with van der Waals surface area (Å²) in [6.07, 6.45) is 1.64. The Kier molecular flexibility index (Phi) is 3.44. The highest BCUT2D eigenvalue weighted by molar-refractivity contribution is 9.10. The molecular weight excluding hydrogens is 260 g/mol. The van der Waals surface area contributed by atoms with Crippen molar-refractivity contribution in [3.63, 3.8) is 0 Å². The molecule has 0 aliphatic rings. The lowest BCUT2D eigenvalue weighted by atomic mass is 9.92. The topological polar surface area (TPSA) is 52.1 Å². The van der Waals surface area contributed by atoms with Crippen LogP contribution in [0.15, 0.2) is 10.7 Å². The summed E-state index contributed by atoms with van der Waals surface area (Å²) in [4.78, 5) is 19.9. The van der Waals surface area contributed by atoms with Gasteiger partial charge in [0.15, 0.2) is 0 Å². The largest absolute Gasteiger partial charge is 0.468 e. The number of halogens is 1. The molecule has 0 saturated heterocycles. The van der Waals surface area contributed by atoms with Crippen molar-refractivity contribution in [2.75, 3.05) is 7.11 Å². The molecule has 4 nitrogen and oxygen atoms in total. The van der Waals surface area contributed by atoms with E-state index in [1.54, 1.807) is 20.0 Å². The molecule has 0 fully saturated rings.